The highest BCUT2D eigenvalue weighted by molar-refractivity contribution is 5.75. The van der Waals surface area contributed by atoms with Crippen LogP contribution in [0.2, 0.25) is 0 Å². The number of ether oxygens (including phenoxy) is 2. The predicted octanol–water partition coefficient (Wildman–Crippen LogP) is 0.752. The van der Waals surface area contributed by atoms with Gasteiger partial charge in [-0.3, -0.25) is 20.3 Å². The summed E-state index contributed by atoms with van der Waals surface area (Å²) in [7, 11) is 1.45. The fourth-order valence-electron chi connectivity index (χ4n) is 1.37. The van der Waals surface area contributed by atoms with Crippen molar-refractivity contribution >= 4 is 11.6 Å². The number of nitrogens with zero attached hydrogens (tertiary/aromatic N) is 1. The number of nitrogens with two attached hydrogens (primary N) is 1. The number of nitro benzene ring substituents is 1. The molecule has 0 aliphatic heterocycles. The van der Waals surface area contributed by atoms with Crippen LogP contribution in [0.1, 0.15) is 12.8 Å². The van der Waals surface area contributed by atoms with Crippen LogP contribution in [0.5, 0.6) is 11.5 Å². The normalized spacial score (nSPS) is 9.79. The number of rotatable bonds is 7. The molecule has 8 heteroatoms. The number of amides is 1. The molecule has 19 heavy (non-hydrogen) atoms. The molecule has 0 spiro atoms. The average molecular weight is 269 g/mol. The maximum atomic E-state index is 10.9. The van der Waals surface area contributed by atoms with Gasteiger partial charge in [-0.05, 0) is 12.5 Å². The molecule has 1 rings (SSSR count). The summed E-state index contributed by atoms with van der Waals surface area (Å²) in [4.78, 5) is 21.2. The van der Waals surface area contributed by atoms with Crippen LogP contribution in [0.15, 0.2) is 18.2 Å². The fraction of sp³-hybridized carbons (Fsp3) is 0.364. The topological polar surface area (TPSA) is 117 Å². The Bertz CT molecular complexity index is 464. The van der Waals surface area contributed by atoms with Crippen molar-refractivity contribution in [3.63, 3.8) is 0 Å². The van der Waals surface area contributed by atoms with E-state index in [-0.39, 0.29) is 30.4 Å². The number of hydrogen-bond donors (Lipinski definition) is 2. The highest BCUT2D eigenvalue weighted by Gasteiger charge is 2.16. The highest BCUT2D eigenvalue weighted by atomic mass is 16.6. The Hall–Kier alpha value is -2.35. The minimum absolute atomic E-state index is 0.109. The zero-order chi connectivity index (χ0) is 14.3. The van der Waals surface area contributed by atoms with Crippen molar-refractivity contribution in [2.75, 3.05) is 13.7 Å². The lowest BCUT2D eigenvalue weighted by Crippen LogP contribution is -2.29. The molecule has 0 unspecified atom stereocenters. The van der Waals surface area contributed by atoms with Crippen LogP contribution in [-0.4, -0.2) is 24.5 Å². The molecule has 104 valence electrons. The summed E-state index contributed by atoms with van der Waals surface area (Å²) in [5.74, 6) is 5.17. The van der Waals surface area contributed by atoms with Gasteiger partial charge in [0.05, 0.1) is 18.6 Å². The second-order valence-electron chi connectivity index (χ2n) is 3.61. The van der Waals surface area contributed by atoms with E-state index in [9.17, 15) is 14.9 Å². The summed E-state index contributed by atoms with van der Waals surface area (Å²) in [5.41, 5.74) is 1.84. The first-order valence-electron chi connectivity index (χ1n) is 5.53. The van der Waals surface area contributed by atoms with Crippen LogP contribution in [0.3, 0.4) is 0 Å². The monoisotopic (exact) mass is 269 g/mol. The van der Waals surface area contributed by atoms with Crippen molar-refractivity contribution in [3.05, 3.63) is 28.3 Å². The molecule has 0 saturated carbocycles. The van der Waals surface area contributed by atoms with E-state index in [1.54, 1.807) is 0 Å². The first kappa shape index (κ1) is 14.7. The number of benzene rings is 1. The van der Waals surface area contributed by atoms with Gasteiger partial charge in [0.1, 0.15) is 5.75 Å². The maximum Gasteiger partial charge on any atom is 0.311 e. The molecule has 0 saturated heterocycles. The van der Waals surface area contributed by atoms with Crippen molar-refractivity contribution in [2.24, 2.45) is 5.84 Å². The molecule has 0 radical (unpaired) electrons. The molecule has 0 bridgehead atoms. The van der Waals surface area contributed by atoms with Gasteiger partial charge in [0.15, 0.2) is 0 Å². The van der Waals surface area contributed by atoms with E-state index in [1.165, 1.54) is 25.3 Å². The van der Waals surface area contributed by atoms with Gasteiger partial charge in [0, 0.05) is 18.6 Å². The lowest BCUT2D eigenvalue weighted by Gasteiger charge is -2.08. The number of methoxy groups -OCH3 is 1. The third-order valence-electron chi connectivity index (χ3n) is 2.33. The van der Waals surface area contributed by atoms with Gasteiger partial charge in [0.25, 0.3) is 0 Å². The molecule has 0 heterocycles. The molecule has 0 atom stereocenters. The maximum absolute atomic E-state index is 10.9. The Labute approximate surface area is 109 Å². The average Bonchev–Trinajstić information content (AvgIpc) is 2.42. The molecule has 3 N–H and O–H groups in total. The first-order valence-corrected chi connectivity index (χ1v) is 5.53. The van der Waals surface area contributed by atoms with Gasteiger partial charge in [-0.2, -0.15) is 0 Å². The molecule has 0 aliphatic rings. The Balaban J connectivity index is 2.64. The summed E-state index contributed by atoms with van der Waals surface area (Å²) in [6.07, 6.45) is 0.589. The van der Waals surface area contributed by atoms with Gasteiger partial charge < -0.3 is 9.47 Å². The smallest absolute Gasteiger partial charge is 0.311 e. The number of nitrogens with one attached hydrogen (secondary N) is 1. The minimum Gasteiger partial charge on any atom is -0.497 e. The third kappa shape index (κ3) is 4.43. The predicted molar refractivity (Wildman–Crippen MR) is 66.7 cm³/mol. The minimum atomic E-state index is -0.540. The first-order chi connectivity index (χ1) is 9.08. The van der Waals surface area contributed by atoms with Crippen LogP contribution in [0.25, 0.3) is 0 Å². The largest absolute Gasteiger partial charge is 0.497 e. The Kier molecular flexibility index (Phi) is 5.55. The van der Waals surface area contributed by atoms with E-state index >= 15 is 0 Å². The molecule has 1 aromatic rings. The van der Waals surface area contributed by atoms with Gasteiger partial charge in [0.2, 0.25) is 11.7 Å². The van der Waals surface area contributed by atoms with E-state index in [1.807, 2.05) is 5.43 Å². The van der Waals surface area contributed by atoms with Crippen LogP contribution in [0.4, 0.5) is 5.69 Å². The summed E-state index contributed by atoms with van der Waals surface area (Å²) in [6.45, 7) is 0.168. The second kappa shape index (κ2) is 7.17. The van der Waals surface area contributed by atoms with Crippen LogP contribution < -0.4 is 20.7 Å². The van der Waals surface area contributed by atoms with E-state index in [4.69, 9.17) is 15.3 Å². The summed E-state index contributed by atoms with van der Waals surface area (Å²) in [5, 5.41) is 10.8. The van der Waals surface area contributed by atoms with Gasteiger partial charge in [-0.1, -0.05) is 0 Å². The Morgan fingerprint density at radius 1 is 1.53 bits per heavy atom. The van der Waals surface area contributed by atoms with Crippen molar-refractivity contribution in [2.45, 2.75) is 12.8 Å². The van der Waals surface area contributed by atoms with E-state index in [2.05, 4.69) is 0 Å². The molecule has 8 nitrogen and oxygen atoms in total. The van der Waals surface area contributed by atoms with E-state index in [0.717, 1.165) is 0 Å². The molecule has 0 aromatic heterocycles. The Morgan fingerprint density at radius 3 is 2.84 bits per heavy atom. The highest BCUT2D eigenvalue weighted by Crippen LogP contribution is 2.31. The number of hydrazine groups is 1. The van der Waals surface area contributed by atoms with Crippen LogP contribution in [-0.2, 0) is 4.79 Å². The second-order valence-corrected chi connectivity index (χ2v) is 3.61. The van der Waals surface area contributed by atoms with Crippen molar-refractivity contribution in [3.8, 4) is 11.5 Å². The summed E-state index contributed by atoms with van der Waals surface area (Å²) < 4.78 is 10.3. The number of carbonyl (C=O) groups is 1. The molecular formula is C11H15N3O5. The standard InChI is InChI=1S/C11H15N3O5/c1-18-8-4-5-9(14(16)17)10(7-8)19-6-2-3-11(15)13-12/h4-5,7H,2-3,6,12H2,1H3,(H,13,15). The number of carbonyl (C=O) groups excluding carboxylic acids is 1. The molecule has 0 aliphatic carbocycles. The molecule has 1 aromatic carbocycles. The summed E-state index contributed by atoms with van der Waals surface area (Å²) >= 11 is 0. The SMILES string of the molecule is COc1ccc([N+](=O)[O-])c(OCCCC(=O)NN)c1. The third-order valence-corrected chi connectivity index (χ3v) is 2.33. The number of nitro groups is 1. The lowest BCUT2D eigenvalue weighted by atomic mass is 10.2. The molecule has 0 fully saturated rings. The van der Waals surface area contributed by atoms with Crippen LogP contribution >= 0.6 is 0 Å². The van der Waals surface area contributed by atoms with Gasteiger partial charge in [-0.25, -0.2) is 5.84 Å². The van der Waals surface area contributed by atoms with Gasteiger partial charge in [-0.15, -0.1) is 0 Å². The van der Waals surface area contributed by atoms with Crippen LogP contribution in [0, 0.1) is 10.1 Å². The van der Waals surface area contributed by atoms with Crippen molar-refractivity contribution in [1.82, 2.24) is 5.43 Å². The summed E-state index contributed by atoms with van der Waals surface area (Å²) in [6, 6.07) is 4.22. The van der Waals surface area contributed by atoms with E-state index in [0.29, 0.717) is 12.2 Å². The number of hydrogen-bond acceptors (Lipinski definition) is 6. The van der Waals surface area contributed by atoms with Crippen molar-refractivity contribution in [1.29, 1.82) is 0 Å². The molecule has 1 amide bonds. The zero-order valence-corrected chi connectivity index (χ0v) is 10.4. The zero-order valence-electron chi connectivity index (χ0n) is 10.4. The lowest BCUT2D eigenvalue weighted by molar-refractivity contribution is -0.385. The quantitative estimate of drug-likeness (QED) is 0.248. The van der Waals surface area contributed by atoms with Crippen molar-refractivity contribution < 1.29 is 19.2 Å². The fourth-order valence-corrected chi connectivity index (χ4v) is 1.37. The molecular weight excluding hydrogens is 254 g/mol. The Morgan fingerprint density at radius 2 is 2.26 bits per heavy atom. The van der Waals surface area contributed by atoms with Gasteiger partial charge >= 0.3 is 5.69 Å². The van der Waals surface area contributed by atoms with E-state index < -0.39 is 4.92 Å².